The molecule has 1 atom stereocenters. The van der Waals surface area contributed by atoms with E-state index in [0.717, 1.165) is 34.0 Å². The molecule has 1 N–H and O–H groups in total. The summed E-state index contributed by atoms with van der Waals surface area (Å²) in [6.07, 6.45) is 1.78. The Bertz CT molecular complexity index is 1200. The SMILES string of the molecule is COc1ccccc1-c1[nH]n2c(=O)cc([C@@H](C)Cn3nccc3C)nc2c1C. The summed E-state index contributed by atoms with van der Waals surface area (Å²) in [5.41, 5.74) is 4.98. The van der Waals surface area contributed by atoms with Crippen LogP contribution in [0.5, 0.6) is 5.75 Å². The Hall–Kier alpha value is -3.35. The Balaban J connectivity index is 1.80. The predicted molar refractivity (Wildman–Crippen MR) is 108 cm³/mol. The molecule has 1 aromatic carbocycles. The quantitative estimate of drug-likeness (QED) is 0.579. The Morgan fingerprint density at radius 3 is 2.71 bits per heavy atom. The van der Waals surface area contributed by atoms with Crippen molar-refractivity contribution < 1.29 is 4.74 Å². The van der Waals surface area contributed by atoms with Crippen molar-refractivity contribution in [3.63, 3.8) is 0 Å². The van der Waals surface area contributed by atoms with Gasteiger partial charge in [-0.1, -0.05) is 19.1 Å². The van der Waals surface area contributed by atoms with Gasteiger partial charge in [-0.15, -0.1) is 0 Å². The monoisotopic (exact) mass is 377 g/mol. The first-order valence-corrected chi connectivity index (χ1v) is 9.23. The fourth-order valence-electron chi connectivity index (χ4n) is 3.48. The fourth-order valence-corrected chi connectivity index (χ4v) is 3.48. The third-order valence-corrected chi connectivity index (χ3v) is 5.13. The van der Waals surface area contributed by atoms with Crippen LogP contribution in [-0.2, 0) is 6.54 Å². The number of fused-ring (bicyclic) bond motifs is 1. The molecule has 4 aromatic rings. The van der Waals surface area contributed by atoms with E-state index in [2.05, 4.69) is 17.1 Å². The number of nitrogens with zero attached hydrogens (tertiary/aromatic N) is 4. The van der Waals surface area contributed by atoms with E-state index in [1.807, 2.05) is 48.9 Å². The number of hydrogen-bond acceptors (Lipinski definition) is 4. The van der Waals surface area contributed by atoms with Crippen LogP contribution in [-0.4, -0.2) is 31.5 Å². The normalized spacial score (nSPS) is 12.4. The van der Waals surface area contributed by atoms with Crippen molar-refractivity contribution in [2.24, 2.45) is 0 Å². The second-order valence-corrected chi connectivity index (χ2v) is 7.05. The summed E-state index contributed by atoms with van der Waals surface area (Å²) in [6, 6.07) is 11.3. The molecule has 0 aliphatic carbocycles. The average Bonchev–Trinajstić information content (AvgIpc) is 3.25. The smallest absolute Gasteiger partial charge is 0.272 e. The van der Waals surface area contributed by atoms with Crippen molar-refractivity contribution in [2.45, 2.75) is 33.2 Å². The molecule has 0 saturated heterocycles. The van der Waals surface area contributed by atoms with Crippen LogP contribution in [0.1, 0.15) is 29.8 Å². The average molecular weight is 377 g/mol. The number of H-pyrrole nitrogens is 1. The maximum Gasteiger partial charge on any atom is 0.272 e. The molecule has 0 fully saturated rings. The first-order valence-electron chi connectivity index (χ1n) is 9.23. The molecule has 0 unspecified atom stereocenters. The maximum absolute atomic E-state index is 12.8. The topological polar surface area (TPSA) is 77.2 Å². The van der Waals surface area contributed by atoms with Crippen LogP contribution in [0.2, 0.25) is 0 Å². The standard InChI is InChI=1S/C21H23N5O2/c1-13(12-25-14(2)9-10-22-25)17-11-19(27)26-21(23-17)15(3)20(24-26)16-7-5-6-8-18(16)28-4/h5-11,13,24H,12H2,1-4H3/t13-/m0/s1. The Morgan fingerprint density at radius 2 is 2.00 bits per heavy atom. The van der Waals surface area contributed by atoms with Crippen LogP contribution < -0.4 is 10.3 Å². The lowest BCUT2D eigenvalue weighted by atomic mass is 10.1. The third kappa shape index (κ3) is 2.98. The first-order chi connectivity index (χ1) is 13.5. The molecule has 0 aliphatic rings. The molecule has 0 bridgehead atoms. The molecular formula is C21H23N5O2. The summed E-state index contributed by atoms with van der Waals surface area (Å²) in [5, 5.41) is 7.52. The highest BCUT2D eigenvalue weighted by Crippen LogP contribution is 2.32. The van der Waals surface area contributed by atoms with Gasteiger partial charge in [0.05, 0.1) is 18.5 Å². The van der Waals surface area contributed by atoms with E-state index < -0.39 is 0 Å². The van der Waals surface area contributed by atoms with Crippen molar-refractivity contribution in [1.82, 2.24) is 24.4 Å². The minimum Gasteiger partial charge on any atom is -0.496 e. The van der Waals surface area contributed by atoms with Gasteiger partial charge >= 0.3 is 0 Å². The first kappa shape index (κ1) is 18.0. The number of hydrogen-bond donors (Lipinski definition) is 1. The number of rotatable bonds is 5. The van der Waals surface area contributed by atoms with E-state index in [9.17, 15) is 4.79 Å². The zero-order valence-corrected chi connectivity index (χ0v) is 16.4. The molecular weight excluding hydrogens is 354 g/mol. The molecule has 0 aliphatic heterocycles. The van der Waals surface area contributed by atoms with Crippen molar-refractivity contribution in [3.05, 3.63) is 69.9 Å². The van der Waals surface area contributed by atoms with Crippen LogP contribution in [0.25, 0.3) is 16.9 Å². The van der Waals surface area contributed by atoms with Gasteiger partial charge in [-0.05, 0) is 32.0 Å². The number of aryl methyl sites for hydroxylation is 2. The van der Waals surface area contributed by atoms with E-state index >= 15 is 0 Å². The van der Waals surface area contributed by atoms with Crippen molar-refractivity contribution in [2.75, 3.05) is 7.11 Å². The zero-order valence-electron chi connectivity index (χ0n) is 16.4. The summed E-state index contributed by atoms with van der Waals surface area (Å²) in [4.78, 5) is 17.6. The lowest BCUT2D eigenvalue weighted by Crippen LogP contribution is -2.18. The highest BCUT2D eigenvalue weighted by Gasteiger charge is 2.18. The summed E-state index contributed by atoms with van der Waals surface area (Å²) >= 11 is 0. The molecule has 7 nitrogen and oxygen atoms in total. The molecule has 3 aromatic heterocycles. The van der Waals surface area contributed by atoms with Crippen molar-refractivity contribution in [3.8, 4) is 17.0 Å². The van der Waals surface area contributed by atoms with Crippen LogP contribution in [0.15, 0.2) is 47.4 Å². The van der Waals surface area contributed by atoms with E-state index in [1.165, 1.54) is 4.52 Å². The molecule has 28 heavy (non-hydrogen) atoms. The molecule has 0 radical (unpaired) electrons. The van der Waals surface area contributed by atoms with Crippen molar-refractivity contribution in [1.29, 1.82) is 0 Å². The Kier molecular flexibility index (Phi) is 4.50. The molecule has 0 amide bonds. The summed E-state index contributed by atoms with van der Waals surface area (Å²) < 4.78 is 8.90. The van der Waals surface area contributed by atoms with Gasteiger partial charge < -0.3 is 4.74 Å². The largest absolute Gasteiger partial charge is 0.496 e. The minimum absolute atomic E-state index is 0.0558. The van der Waals surface area contributed by atoms with E-state index in [1.54, 1.807) is 19.4 Å². The molecule has 0 spiro atoms. The second kappa shape index (κ2) is 6.99. The van der Waals surface area contributed by atoms with Gasteiger partial charge in [-0.25, -0.2) is 9.50 Å². The second-order valence-electron chi connectivity index (χ2n) is 7.05. The van der Waals surface area contributed by atoms with Gasteiger partial charge in [0, 0.05) is 41.5 Å². The van der Waals surface area contributed by atoms with E-state index in [4.69, 9.17) is 9.72 Å². The molecule has 0 saturated carbocycles. The third-order valence-electron chi connectivity index (χ3n) is 5.13. The molecule has 3 heterocycles. The fraction of sp³-hybridized carbons (Fsp3) is 0.286. The lowest BCUT2D eigenvalue weighted by molar-refractivity contribution is 0.416. The zero-order chi connectivity index (χ0) is 19.8. The van der Waals surface area contributed by atoms with Crippen LogP contribution in [0, 0.1) is 13.8 Å². The van der Waals surface area contributed by atoms with E-state index in [-0.39, 0.29) is 11.5 Å². The van der Waals surface area contributed by atoms with Gasteiger partial charge in [0.25, 0.3) is 5.56 Å². The number of aromatic nitrogens is 5. The number of para-hydroxylation sites is 1. The highest BCUT2D eigenvalue weighted by atomic mass is 16.5. The minimum atomic E-state index is -0.131. The Morgan fingerprint density at radius 1 is 1.21 bits per heavy atom. The molecule has 144 valence electrons. The highest BCUT2D eigenvalue weighted by molar-refractivity contribution is 5.74. The van der Waals surface area contributed by atoms with Gasteiger partial charge in [0.2, 0.25) is 0 Å². The number of ether oxygens (including phenoxy) is 1. The van der Waals surface area contributed by atoms with Gasteiger partial charge in [0.1, 0.15) is 5.75 Å². The van der Waals surface area contributed by atoms with Gasteiger partial charge in [-0.3, -0.25) is 14.6 Å². The number of aromatic amines is 1. The van der Waals surface area contributed by atoms with Crippen LogP contribution >= 0.6 is 0 Å². The summed E-state index contributed by atoms with van der Waals surface area (Å²) in [5.74, 6) is 0.799. The predicted octanol–water partition coefficient (Wildman–Crippen LogP) is 3.32. The summed E-state index contributed by atoms with van der Waals surface area (Å²) in [6.45, 7) is 6.71. The van der Waals surface area contributed by atoms with Crippen LogP contribution in [0.3, 0.4) is 0 Å². The lowest BCUT2D eigenvalue weighted by Gasteiger charge is -2.12. The Labute approximate surface area is 162 Å². The molecule has 7 heteroatoms. The summed E-state index contributed by atoms with van der Waals surface area (Å²) in [7, 11) is 1.64. The van der Waals surface area contributed by atoms with E-state index in [0.29, 0.717) is 12.2 Å². The van der Waals surface area contributed by atoms with Gasteiger partial charge in [0.15, 0.2) is 5.65 Å². The number of nitrogens with one attached hydrogen (secondary N) is 1. The van der Waals surface area contributed by atoms with Crippen molar-refractivity contribution >= 4 is 5.65 Å². The van der Waals surface area contributed by atoms with Gasteiger partial charge in [-0.2, -0.15) is 5.10 Å². The number of methoxy groups -OCH3 is 1. The number of benzene rings is 1. The van der Waals surface area contributed by atoms with Crippen LogP contribution in [0.4, 0.5) is 0 Å². The maximum atomic E-state index is 12.8. The molecule has 4 rings (SSSR count).